The first kappa shape index (κ1) is 15.9. The number of amides is 2. The quantitative estimate of drug-likeness (QED) is 0.885. The molecule has 1 heterocycles. The van der Waals surface area contributed by atoms with E-state index in [9.17, 15) is 9.59 Å². The maximum Gasteiger partial charge on any atom is 0.262 e. The Morgan fingerprint density at radius 2 is 2.04 bits per heavy atom. The third-order valence-electron chi connectivity index (χ3n) is 3.60. The first-order chi connectivity index (χ1) is 11.6. The summed E-state index contributed by atoms with van der Waals surface area (Å²) >= 11 is 0. The standard InChI is InChI=1S/C18H18N2O4/c1-2-12-3-5-13(6-4-12)19-17(21)10-23-14-7-8-16-15(9-14)20-18(22)11-24-16/h3-9H,2,10-11H2,1H3,(H,19,21)(H,20,22). The normalized spacial score (nSPS) is 12.6. The van der Waals surface area contributed by atoms with Crippen LogP contribution in [0.4, 0.5) is 11.4 Å². The molecule has 1 aliphatic heterocycles. The highest BCUT2D eigenvalue weighted by molar-refractivity contribution is 5.95. The molecule has 1 aliphatic rings. The van der Waals surface area contributed by atoms with Crippen LogP contribution in [0.3, 0.4) is 0 Å². The number of rotatable bonds is 5. The molecule has 0 spiro atoms. The highest BCUT2D eigenvalue weighted by atomic mass is 16.5. The topological polar surface area (TPSA) is 76.7 Å². The van der Waals surface area contributed by atoms with Crippen LogP contribution in [0.1, 0.15) is 12.5 Å². The second-order valence-electron chi connectivity index (χ2n) is 5.38. The van der Waals surface area contributed by atoms with E-state index in [0.717, 1.165) is 12.1 Å². The van der Waals surface area contributed by atoms with Gasteiger partial charge in [-0.05, 0) is 36.2 Å². The molecule has 0 atom stereocenters. The fraction of sp³-hybridized carbons (Fsp3) is 0.222. The van der Waals surface area contributed by atoms with E-state index in [0.29, 0.717) is 17.2 Å². The zero-order valence-corrected chi connectivity index (χ0v) is 13.3. The van der Waals surface area contributed by atoms with Crippen molar-refractivity contribution in [1.82, 2.24) is 0 Å². The molecule has 0 unspecified atom stereocenters. The molecule has 0 bridgehead atoms. The Bertz CT molecular complexity index is 756. The van der Waals surface area contributed by atoms with Gasteiger partial charge in [0.2, 0.25) is 0 Å². The molecule has 0 saturated carbocycles. The van der Waals surface area contributed by atoms with Crippen LogP contribution in [-0.4, -0.2) is 25.0 Å². The van der Waals surface area contributed by atoms with Crippen LogP contribution in [0.5, 0.6) is 11.5 Å². The number of hydrogen-bond donors (Lipinski definition) is 2. The van der Waals surface area contributed by atoms with Gasteiger partial charge >= 0.3 is 0 Å². The van der Waals surface area contributed by atoms with E-state index in [1.165, 1.54) is 5.56 Å². The Morgan fingerprint density at radius 1 is 1.25 bits per heavy atom. The zero-order valence-electron chi connectivity index (χ0n) is 13.3. The molecular formula is C18H18N2O4. The summed E-state index contributed by atoms with van der Waals surface area (Å²) in [5.41, 5.74) is 2.48. The predicted molar refractivity (Wildman–Crippen MR) is 90.5 cm³/mol. The first-order valence-electron chi connectivity index (χ1n) is 7.72. The molecule has 2 aromatic carbocycles. The van der Waals surface area contributed by atoms with Crippen LogP contribution in [0, 0.1) is 0 Å². The molecule has 124 valence electrons. The Kier molecular flexibility index (Phi) is 4.65. The fourth-order valence-corrected chi connectivity index (χ4v) is 2.32. The lowest BCUT2D eigenvalue weighted by atomic mass is 10.1. The summed E-state index contributed by atoms with van der Waals surface area (Å²) in [6.07, 6.45) is 0.954. The van der Waals surface area contributed by atoms with Crippen LogP contribution in [-0.2, 0) is 16.0 Å². The van der Waals surface area contributed by atoms with Crippen molar-refractivity contribution >= 4 is 23.2 Å². The van der Waals surface area contributed by atoms with Crippen LogP contribution in [0.25, 0.3) is 0 Å². The van der Waals surface area contributed by atoms with Gasteiger partial charge in [0.05, 0.1) is 5.69 Å². The molecule has 0 aliphatic carbocycles. The third-order valence-corrected chi connectivity index (χ3v) is 3.60. The molecule has 0 saturated heterocycles. The lowest BCUT2D eigenvalue weighted by Crippen LogP contribution is -2.25. The average Bonchev–Trinajstić information content (AvgIpc) is 2.60. The Morgan fingerprint density at radius 3 is 2.79 bits per heavy atom. The Balaban J connectivity index is 1.56. The molecule has 0 fully saturated rings. The molecule has 6 nitrogen and oxygen atoms in total. The largest absolute Gasteiger partial charge is 0.484 e. The van der Waals surface area contributed by atoms with E-state index >= 15 is 0 Å². The minimum atomic E-state index is -0.253. The van der Waals surface area contributed by atoms with Crippen molar-refractivity contribution in [3.05, 3.63) is 48.0 Å². The Labute approximate surface area is 139 Å². The van der Waals surface area contributed by atoms with Crippen LogP contribution in [0.15, 0.2) is 42.5 Å². The summed E-state index contributed by atoms with van der Waals surface area (Å²) < 4.78 is 10.7. The molecule has 3 rings (SSSR count). The summed E-state index contributed by atoms with van der Waals surface area (Å²) in [4.78, 5) is 23.3. The van der Waals surface area contributed by atoms with Gasteiger partial charge in [-0.1, -0.05) is 19.1 Å². The average molecular weight is 326 g/mol. The number of carbonyl (C=O) groups is 2. The van der Waals surface area contributed by atoms with Crippen LogP contribution < -0.4 is 20.1 Å². The highest BCUT2D eigenvalue weighted by Crippen LogP contribution is 2.31. The highest BCUT2D eigenvalue weighted by Gasteiger charge is 2.16. The van der Waals surface area contributed by atoms with Gasteiger partial charge in [-0.2, -0.15) is 0 Å². The number of nitrogens with one attached hydrogen (secondary N) is 2. The number of hydrogen-bond acceptors (Lipinski definition) is 4. The van der Waals surface area contributed by atoms with Crippen LogP contribution >= 0.6 is 0 Å². The van der Waals surface area contributed by atoms with E-state index in [4.69, 9.17) is 9.47 Å². The van der Waals surface area contributed by atoms with Gasteiger partial charge in [0, 0.05) is 11.8 Å². The van der Waals surface area contributed by atoms with E-state index in [2.05, 4.69) is 17.6 Å². The molecule has 2 N–H and O–H groups in total. The van der Waals surface area contributed by atoms with Gasteiger partial charge in [-0.15, -0.1) is 0 Å². The molecular weight excluding hydrogens is 308 g/mol. The molecule has 24 heavy (non-hydrogen) atoms. The monoisotopic (exact) mass is 326 g/mol. The number of carbonyl (C=O) groups excluding carboxylic acids is 2. The minimum absolute atomic E-state index is 0.00638. The van der Waals surface area contributed by atoms with E-state index in [1.54, 1.807) is 18.2 Å². The maximum atomic E-state index is 12.0. The lowest BCUT2D eigenvalue weighted by Gasteiger charge is -2.18. The van der Waals surface area contributed by atoms with Gasteiger partial charge in [-0.3, -0.25) is 9.59 Å². The van der Waals surface area contributed by atoms with E-state index in [1.807, 2.05) is 24.3 Å². The number of ether oxygens (including phenoxy) is 2. The summed E-state index contributed by atoms with van der Waals surface area (Å²) in [7, 11) is 0. The third kappa shape index (κ3) is 3.84. The van der Waals surface area contributed by atoms with Crippen molar-refractivity contribution in [2.24, 2.45) is 0 Å². The predicted octanol–water partition coefficient (Wildman–Crippen LogP) is 2.60. The second kappa shape index (κ2) is 7.04. The number of anilines is 2. The molecule has 6 heteroatoms. The van der Waals surface area contributed by atoms with Gasteiger partial charge in [-0.25, -0.2) is 0 Å². The Hall–Kier alpha value is -3.02. The maximum absolute atomic E-state index is 12.0. The molecule has 0 aromatic heterocycles. The fourth-order valence-electron chi connectivity index (χ4n) is 2.32. The second-order valence-corrected chi connectivity index (χ2v) is 5.38. The SMILES string of the molecule is CCc1ccc(NC(=O)COc2ccc3c(c2)NC(=O)CO3)cc1. The van der Waals surface area contributed by atoms with Crippen molar-refractivity contribution < 1.29 is 19.1 Å². The lowest BCUT2D eigenvalue weighted by molar-refractivity contribution is -0.119. The van der Waals surface area contributed by atoms with Gasteiger partial charge < -0.3 is 20.1 Å². The van der Waals surface area contributed by atoms with Gasteiger partial charge in [0.15, 0.2) is 13.2 Å². The van der Waals surface area contributed by atoms with E-state index < -0.39 is 0 Å². The summed E-state index contributed by atoms with van der Waals surface area (Å²) in [6, 6.07) is 12.7. The van der Waals surface area contributed by atoms with Crippen LogP contribution in [0.2, 0.25) is 0 Å². The summed E-state index contributed by atoms with van der Waals surface area (Å²) in [5.74, 6) is 0.601. The number of benzene rings is 2. The van der Waals surface area contributed by atoms with Crippen molar-refractivity contribution in [1.29, 1.82) is 0 Å². The van der Waals surface area contributed by atoms with Gasteiger partial charge in [0.1, 0.15) is 11.5 Å². The number of fused-ring (bicyclic) bond motifs is 1. The summed E-state index contributed by atoms with van der Waals surface area (Å²) in [5, 5.41) is 5.47. The van der Waals surface area contributed by atoms with Crippen molar-refractivity contribution in [3.63, 3.8) is 0 Å². The summed E-state index contributed by atoms with van der Waals surface area (Å²) in [6.45, 7) is 1.96. The molecule has 0 radical (unpaired) electrons. The first-order valence-corrected chi connectivity index (χ1v) is 7.72. The number of aryl methyl sites for hydroxylation is 1. The minimum Gasteiger partial charge on any atom is -0.484 e. The molecule has 2 aromatic rings. The van der Waals surface area contributed by atoms with Gasteiger partial charge in [0.25, 0.3) is 11.8 Å². The smallest absolute Gasteiger partial charge is 0.262 e. The zero-order chi connectivity index (χ0) is 16.9. The molecule has 2 amide bonds. The van der Waals surface area contributed by atoms with Crippen molar-refractivity contribution in [2.45, 2.75) is 13.3 Å². The van der Waals surface area contributed by atoms with Crippen molar-refractivity contribution in [3.8, 4) is 11.5 Å². The van der Waals surface area contributed by atoms with Crippen molar-refractivity contribution in [2.75, 3.05) is 23.8 Å². The van der Waals surface area contributed by atoms with E-state index in [-0.39, 0.29) is 25.0 Å².